The van der Waals surface area contributed by atoms with E-state index in [1.807, 2.05) is 19.9 Å². The Balaban J connectivity index is 2.90. The molecule has 0 aromatic rings. The van der Waals surface area contributed by atoms with Crippen molar-refractivity contribution in [1.82, 2.24) is 10.3 Å². The Kier molecular flexibility index (Phi) is 6.61. The summed E-state index contributed by atoms with van der Waals surface area (Å²) in [7, 11) is 0. The number of hydrogen-bond donors (Lipinski definition) is 3. The molecule has 1 fully saturated rings. The number of carbonyl (C=O) groups excluding carboxylic acids is 1. The Labute approximate surface area is 125 Å². The Morgan fingerprint density at radius 1 is 1.45 bits per heavy atom. The molecule has 5 N–H and O–H groups in total. The average molecular weight is 299 g/mol. The van der Waals surface area contributed by atoms with Gasteiger partial charge in [0, 0.05) is 30.0 Å². The van der Waals surface area contributed by atoms with Crippen molar-refractivity contribution in [3.63, 3.8) is 0 Å². The summed E-state index contributed by atoms with van der Waals surface area (Å²) in [5.41, 5.74) is 9.99. The zero-order chi connectivity index (χ0) is 15.1. The number of nitrogens with zero attached hydrogens (tertiary/aromatic N) is 1. The Bertz CT molecular complexity index is 438. The second-order valence-electron chi connectivity index (χ2n) is 5.10. The monoisotopic (exact) mass is 298 g/mol. The lowest BCUT2D eigenvalue weighted by molar-refractivity contribution is -0.123. The van der Waals surface area contributed by atoms with E-state index in [1.165, 1.54) is 0 Å². The highest BCUT2D eigenvalue weighted by atomic mass is 35.5. The molecule has 6 heteroatoms. The summed E-state index contributed by atoms with van der Waals surface area (Å²) in [6.07, 6.45) is 6.93. The second-order valence-corrected chi connectivity index (χ2v) is 5.54. The van der Waals surface area contributed by atoms with Crippen LogP contribution in [0.1, 0.15) is 26.7 Å². The highest BCUT2D eigenvalue weighted by Gasteiger charge is 2.25. The first-order valence-electron chi connectivity index (χ1n) is 6.67. The van der Waals surface area contributed by atoms with Crippen molar-refractivity contribution in [2.45, 2.75) is 26.7 Å². The minimum Gasteiger partial charge on any atom is -0.371 e. The molecule has 0 aromatic heterocycles. The van der Waals surface area contributed by atoms with E-state index in [0.717, 1.165) is 30.7 Å². The Morgan fingerprint density at radius 2 is 2.15 bits per heavy atom. The van der Waals surface area contributed by atoms with Crippen LogP contribution >= 0.6 is 11.6 Å². The molecule has 20 heavy (non-hydrogen) atoms. The van der Waals surface area contributed by atoms with E-state index in [0.29, 0.717) is 11.6 Å². The van der Waals surface area contributed by atoms with E-state index in [4.69, 9.17) is 23.2 Å². The van der Waals surface area contributed by atoms with Gasteiger partial charge in [0.05, 0.1) is 5.92 Å². The Hall–Kier alpha value is -1.46. The molecule has 0 aliphatic carbocycles. The predicted molar refractivity (Wildman–Crippen MR) is 82.3 cm³/mol. The molecule has 1 saturated heterocycles. The van der Waals surface area contributed by atoms with Crippen LogP contribution in [-0.4, -0.2) is 23.9 Å². The van der Waals surface area contributed by atoms with Gasteiger partial charge < -0.3 is 16.1 Å². The average Bonchev–Trinajstić information content (AvgIpc) is 2.42. The zero-order valence-corrected chi connectivity index (χ0v) is 12.8. The lowest BCUT2D eigenvalue weighted by atomic mass is 9.96. The van der Waals surface area contributed by atoms with E-state index in [2.05, 4.69) is 10.3 Å². The van der Waals surface area contributed by atoms with Crippen molar-refractivity contribution < 1.29 is 4.79 Å². The molecule has 0 spiro atoms. The highest BCUT2D eigenvalue weighted by Crippen LogP contribution is 2.24. The molecule has 0 aromatic carbocycles. The van der Waals surface area contributed by atoms with Crippen molar-refractivity contribution in [1.29, 1.82) is 0 Å². The number of rotatable bonds is 5. The molecule has 0 saturated carbocycles. The molecule has 1 amide bonds. The summed E-state index contributed by atoms with van der Waals surface area (Å²) >= 11 is 6.14. The molecule has 1 atom stereocenters. The molecule has 0 radical (unpaired) electrons. The van der Waals surface area contributed by atoms with Gasteiger partial charge in [0.15, 0.2) is 0 Å². The molecule has 112 valence electrons. The molecule has 5 nitrogen and oxygen atoms in total. The first-order chi connectivity index (χ1) is 9.45. The van der Waals surface area contributed by atoms with Crippen LogP contribution in [0.3, 0.4) is 0 Å². The zero-order valence-electron chi connectivity index (χ0n) is 12.0. The highest BCUT2D eigenvalue weighted by molar-refractivity contribution is 6.31. The number of allylic oxidation sites excluding steroid dienone is 4. The number of amides is 1. The van der Waals surface area contributed by atoms with Crippen LogP contribution in [0.2, 0.25) is 0 Å². The van der Waals surface area contributed by atoms with Crippen molar-refractivity contribution in [2.75, 3.05) is 13.1 Å². The van der Waals surface area contributed by atoms with Crippen LogP contribution < -0.4 is 17.0 Å². The van der Waals surface area contributed by atoms with Crippen LogP contribution in [0.4, 0.5) is 0 Å². The van der Waals surface area contributed by atoms with Crippen molar-refractivity contribution in [3.8, 4) is 0 Å². The van der Waals surface area contributed by atoms with Gasteiger partial charge in [-0.05, 0) is 38.8 Å². The second kappa shape index (κ2) is 7.97. The molecular weight excluding hydrogens is 276 g/mol. The lowest BCUT2D eigenvalue weighted by Gasteiger charge is -2.34. The SMILES string of the molecule is CC(C)=C(/C=C(Cl)\C=C\NN)N1CCCC(C(N)=O)C1. The van der Waals surface area contributed by atoms with Gasteiger partial charge in [-0.25, -0.2) is 0 Å². The van der Waals surface area contributed by atoms with Crippen LogP contribution in [0, 0.1) is 5.92 Å². The fourth-order valence-electron chi connectivity index (χ4n) is 2.29. The van der Waals surface area contributed by atoms with Crippen molar-refractivity contribution in [2.24, 2.45) is 17.5 Å². The third-order valence-electron chi connectivity index (χ3n) is 3.29. The first kappa shape index (κ1) is 16.6. The topological polar surface area (TPSA) is 84.4 Å². The molecule has 1 aliphatic heterocycles. The number of likely N-dealkylation sites (tertiary alicyclic amines) is 1. The van der Waals surface area contributed by atoms with Crippen LogP contribution in [0.5, 0.6) is 0 Å². The number of hydrazine groups is 1. The molecule has 1 unspecified atom stereocenters. The molecule has 1 aliphatic rings. The summed E-state index contributed by atoms with van der Waals surface area (Å²) in [6, 6.07) is 0. The Morgan fingerprint density at radius 3 is 2.70 bits per heavy atom. The third-order valence-corrected chi connectivity index (χ3v) is 3.53. The van der Waals surface area contributed by atoms with Gasteiger partial charge in [-0.15, -0.1) is 0 Å². The van der Waals surface area contributed by atoms with Crippen LogP contribution in [-0.2, 0) is 4.79 Å². The first-order valence-corrected chi connectivity index (χ1v) is 7.05. The van der Waals surface area contributed by atoms with Gasteiger partial charge in [-0.1, -0.05) is 17.2 Å². The van der Waals surface area contributed by atoms with Crippen LogP contribution in [0.25, 0.3) is 0 Å². The fraction of sp³-hybridized carbons (Fsp3) is 0.500. The quantitative estimate of drug-likeness (QED) is 0.409. The number of primary amides is 1. The normalized spacial score (nSPS) is 20.1. The van der Waals surface area contributed by atoms with E-state index in [-0.39, 0.29) is 11.8 Å². The molecule has 0 bridgehead atoms. The van der Waals surface area contributed by atoms with Gasteiger partial charge in [0.25, 0.3) is 0 Å². The minimum atomic E-state index is -0.231. The van der Waals surface area contributed by atoms with Crippen molar-refractivity contribution in [3.05, 3.63) is 34.7 Å². The summed E-state index contributed by atoms with van der Waals surface area (Å²) in [4.78, 5) is 13.5. The summed E-state index contributed by atoms with van der Waals surface area (Å²) < 4.78 is 0. The number of halogens is 1. The maximum atomic E-state index is 11.4. The van der Waals surface area contributed by atoms with Gasteiger partial charge in [-0.2, -0.15) is 0 Å². The molecule has 1 rings (SSSR count). The predicted octanol–water partition coefficient (Wildman–Crippen LogP) is 1.58. The largest absolute Gasteiger partial charge is 0.371 e. The van der Waals surface area contributed by atoms with E-state index in [1.54, 1.807) is 12.3 Å². The number of carbonyl (C=O) groups is 1. The number of nitrogens with two attached hydrogens (primary N) is 2. The van der Waals surface area contributed by atoms with Gasteiger partial charge >= 0.3 is 0 Å². The van der Waals surface area contributed by atoms with E-state index < -0.39 is 0 Å². The standard InChI is InChI=1S/C14H23ClN4O/c1-10(2)13(8-12(15)5-6-18-17)19-7-3-4-11(9-19)14(16)20/h5-6,8,11,18H,3-4,7,9,17H2,1-2H3,(H2,16,20)/b6-5+,12-8+. The smallest absolute Gasteiger partial charge is 0.222 e. The van der Waals surface area contributed by atoms with E-state index in [9.17, 15) is 4.79 Å². The number of hydrogen-bond acceptors (Lipinski definition) is 4. The van der Waals surface area contributed by atoms with Gasteiger partial charge in [0.1, 0.15) is 0 Å². The summed E-state index contributed by atoms with van der Waals surface area (Å²) in [5, 5.41) is 0.570. The van der Waals surface area contributed by atoms with Gasteiger partial charge in [0.2, 0.25) is 5.91 Å². The summed E-state index contributed by atoms with van der Waals surface area (Å²) in [6.45, 7) is 5.60. The lowest BCUT2D eigenvalue weighted by Crippen LogP contribution is -2.40. The third kappa shape index (κ3) is 4.90. The maximum absolute atomic E-state index is 11.4. The number of nitrogens with one attached hydrogen (secondary N) is 1. The van der Waals surface area contributed by atoms with Crippen molar-refractivity contribution >= 4 is 17.5 Å². The number of piperidine rings is 1. The molecular formula is C14H23ClN4O. The fourth-order valence-corrected chi connectivity index (χ4v) is 2.45. The maximum Gasteiger partial charge on any atom is 0.222 e. The van der Waals surface area contributed by atoms with Gasteiger partial charge in [-0.3, -0.25) is 10.6 Å². The van der Waals surface area contributed by atoms with E-state index >= 15 is 0 Å². The minimum absolute atomic E-state index is 0.0912. The summed E-state index contributed by atoms with van der Waals surface area (Å²) in [5.74, 6) is 4.84. The van der Waals surface area contributed by atoms with Crippen LogP contribution in [0.15, 0.2) is 34.7 Å². The molecule has 1 heterocycles.